The molecule has 2 aliphatic heterocycles. The van der Waals surface area contributed by atoms with Gasteiger partial charge in [-0.05, 0) is 123 Å². The quantitative estimate of drug-likeness (QED) is 0.0768. The molecule has 2 fully saturated rings. The number of hydrogen-bond acceptors (Lipinski definition) is 10. The van der Waals surface area contributed by atoms with Crippen LogP contribution in [0.4, 0.5) is 38.5 Å². The Morgan fingerprint density at radius 3 is 1.69 bits per heavy atom. The van der Waals surface area contributed by atoms with Crippen LogP contribution in [-0.4, -0.2) is 70.7 Å². The van der Waals surface area contributed by atoms with Gasteiger partial charge in [-0.25, -0.2) is 36.7 Å². The van der Waals surface area contributed by atoms with Gasteiger partial charge in [0.1, 0.15) is 42.8 Å². The first kappa shape index (κ1) is 54.6. The van der Waals surface area contributed by atoms with Crippen molar-refractivity contribution in [3.05, 3.63) is 146 Å². The molecule has 72 heavy (non-hydrogen) atoms. The van der Waals surface area contributed by atoms with Crippen LogP contribution in [0, 0.1) is 23.3 Å². The number of benzene rings is 4. The molecular formula is C49H49Cl3F4N8O8. The van der Waals surface area contributed by atoms with Crippen molar-refractivity contribution in [1.82, 2.24) is 25.5 Å². The van der Waals surface area contributed by atoms with Crippen molar-refractivity contribution in [2.45, 2.75) is 88.4 Å². The summed E-state index contributed by atoms with van der Waals surface area (Å²) in [5.41, 5.74) is 8.96. The highest BCUT2D eigenvalue weighted by Crippen LogP contribution is 2.37. The molecule has 4 atom stereocenters. The molecule has 0 unspecified atom stereocenters. The Balaban J connectivity index is 0.000000188. The molecule has 2 aliphatic carbocycles. The average Bonchev–Trinajstić information content (AvgIpc) is 4.13. The maximum Gasteiger partial charge on any atom is 0.419 e. The number of alkyl carbamates (subject to hydrolysis) is 1. The molecule has 4 aromatic carbocycles. The number of halogens is 7. The topological polar surface area (TPSA) is 225 Å². The number of piperidine rings is 2. The van der Waals surface area contributed by atoms with Crippen LogP contribution in [0.25, 0.3) is 0 Å². The van der Waals surface area contributed by atoms with E-state index in [1.807, 2.05) is 0 Å². The van der Waals surface area contributed by atoms with Crippen molar-refractivity contribution in [3.63, 3.8) is 0 Å². The zero-order valence-electron chi connectivity index (χ0n) is 38.2. The molecule has 9 rings (SSSR count). The Bertz CT molecular complexity index is 2830. The van der Waals surface area contributed by atoms with Crippen LogP contribution in [-0.2, 0) is 31.9 Å². The number of nitrogens with one attached hydrogen (secondary N) is 5. The van der Waals surface area contributed by atoms with E-state index in [-0.39, 0.29) is 82.6 Å². The second-order valence-corrected chi connectivity index (χ2v) is 17.8. The second-order valence-electron chi connectivity index (χ2n) is 17.0. The van der Waals surface area contributed by atoms with Crippen LogP contribution < -0.4 is 32.3 Å². The lowest BCUT2D eigenvalue weighted by Gasteiger charge is -2.23. The SMILES string of the molecule is Cl.N[C@H]1CCc2c(C(=O)Nc3ccc(F)c(Cl)c3)ccc(F)c21.O=C1CCC[C@@H](COC(=O)N[C@H]2CCc3c(C(=O)Nc4ccc(F)c(Cl)c4)ccc(F)c32)N1.O=C1CCC[C@@H](COC(=O)n2ccnc2)N1. The molecule has 5 aromatic rings. The van der Waals surface area contributed by atoms with E-state index in [0.29, 0.717) is 72.2 Å². The molecule has 0 bridgehead atoms. The standard InChI is InChI=1S/C23H22ClF2N3O4.C16H13ClF2N2O.C10H13N3O3.ClH/c24-16-10-12(4-7-17(16)25)28-22(31)15-5-8-18(26)21-14(15)6-9-19(21)29-23(32)33-11-13-2-1-3-20(30)27-13;17-11-7-8(1-4-12(11)18)21-16(22)10-2-5-13(19)15-9(10)3-6-14(15)20;14-9-3-1-2-8(12-9)6-16-10(15)13-5-4-11-7-13;/h4-5,7-8,10,13,19H,1-3,6,9,11H2,(H,27,30)(H,28,31)(H,29,32);1-2,4-5,7,14H,3,6,20H2,(H,21,22);4-5,7-8H,1-3,6H2,(H,12,14);1H/t13-,19-;14-;8-;/m000./s1. The van der Waals surface area contributed by atoms with E-state index < -0.39 is 47.5 Å². The minimum Gasteiger partial charge on any atom is -0.447 e. The van der Waals surface area contributed by atoms with Crippen LogP contribution in [0.2, 0.25) is 10.0 Å². The van der Waals surface area contributed by atoms with Gasteiger partial charge < -0.3 is 41.8 Å². The Morgan fingerprint density at radius 2 is 1.18 bits per heavy atom. The molecule has 0 saturated carbocycles. The molecule has 0 spiro atoms. The molecule has 1 aromatic heterocycles. The van der Waals surface area contributed by atoms with Gasteiger partial charge in [0.2, 0.25) is 11.8 Å². The monoisotopic (exact) mass is 1060 g/mol. The zero-order chi connectivity index (χ0) is 50.8. The van der Waals surface area contributed by atoms with Gasteiger partial charge in [0.05, 0.1) is 28.2 Å². The van der Waals surface area contributed by atoms with Crippen molar-refractivity contribution >= 4 is 82.8 Å². The normalized spacial score (nSPS) is 18.4. The summed E-state index contributed by atoms with van der Waals surface area (Å²) in [5, 5.41) is 13.2. The van der Waals surface area contributed by atoms with Crippen LogP contribution in [0.15, 0.2) is 79.4 Å². The van der Waals surface area contributed by atoms with E-state index >= 15 is 0 Å². The van der Waals surface area contributed by atoms with Gasteiger partial charge in [-0.2, -0.15) is 0 Å². The van der Waals surface area contributed by atoms with E-state index in [2.05, 4.69) is 31.6 Å². The van der Waals surface area contributed by atoms with Gasteiger partial charge in [0, 0.05) is 64.9 Å². The minimum atomic E-state index is -0.720. The summed E-state index contributed by atoms with van der Waals surface area (Å²) in [6, 6.07) is 11.6. The zero-order valence-corrected chi connectivity index (χ0v) is 40.5. The predicted molar refractivity (Wildman–Crippen MR) is 260 cm³/mol. The largest absolute Gasteiger partial charge is 0.447 e. The van der Waals surface area contributed by atoms with Crippen molar-refractivity contribution in [2.24, 2.45) is 5.73 Å². The summed E-state index contributed by atoms with van der Waals surface area (Å²) >= 11 is 11.4. The van der Waals surface area contributed by atoms with Crippen LogP contribution in [0.3, 0.4) is 0 Å². The minimum absolute atomic E-state index is 0. The number of amides is 5. The fourth-order valence-electron chi connectivity index (χ4n) is 8.57. The molecule has 0 radical (unpaired) electrons. The number of nitrogens with zero attached hydrogens (tertiary/aromatic N) is 2. The summed E-state index contributed by atoms with van der Waals surface area (Å²) in [6.07, 6.45) is 9.32. The summed E-state index contributed by atoms with van der Waals surface area (Å²) in [7, 11) is 0. The van der Waals surface area contributed by atoms with Gasteiger partial charge in [-0.1, -0.05) is 23.2 Å². The molecule has 5 amide bonds. The lowest BCUT2D eigenvalue weighted by atomic mass is 10.0. The number of imidazole rings is 1. The molecular weight excluding hydrogens is 1010 g/mol. The average molecular weight is 1060 g/mol. The van der Waals surface area contributed by atoms with Crippen LogP contribution in [0.1, 0.15) is 106 Å². The highest BCUT2D eigenvalue weighted by atomic mass is 35.5. The number of carbonyl (C=O) groups is 6. The molecule has 3 heterocycles. The maximum absolute atomic E-state index is 14.6. The summed E-state index contributed by atoms with van der Waals surface area (Å²) in [4.78, 5) is 75.1. The highest BCUT2D eigenvalue weighted by molar-refractivity contribution is 6.31. The Hall–Kier alpha value is -6.74. The Morgan fingerprint density at radius 1 is 0.681 bits per heavy atom. The number of ether oxygens (including phenoxy) is 2. The van der Waals surface area contributed by atoms with E-state index in [9.17, 15) is 46.3 Å². The van der Waals surface area contributed by atoms with E-state index in [1.54, 1.807) is 0 Å². The first-order valence-corrected chi connectivity index (χ1v) is 23.4. The molecule has 4 aliphatic rings. The molecule has 2 saturated heterocycles. The predicted octanol–water partition coefficient (Wildman–Crippen LogP) is 9.03. The smallest absolute Gasteiger partial charge is 0.419 e. The van der Waals surface area contributed by atoms with Crippen molar-refractivity contribution in [3.8, 4) is 0 Å². The number of nitrogens with two attached hydrogens (primary N) is 1. The van der Waals surface area contributed by atoms with Gasteiger partial charge in [0.25, 0.3) is 11.8 Å². The van der Waals surface area contributed by atoms with Crippen LogP contribution in [0.5, 0.6) is 0 Å². The molecule has 7 N–H and O–H groups in total. The molecule has 23 heteroatoms. The number of hydrogen-bond donors (Lipinski definition) is 6. The third kappa shape index (κ3) is 14.0. The van der Waals surface area contributed by atoms with Gasteiger partial charge >= 0.3 is 12.2 Å². The fraction of sp³-hybridized carbons (Fsp3) is 0.327. The summed E-state index contributed by atoms with van der Waals surface area (Å²) < 4.78 is 66.5. The number of fused-ring (bicyclic) bond motifs is 2. The number of rotatable bonds is 9. The Labute approximate surface area is 426 Å². The third-order valence-electron chi connectivity index (χ3n) is 12.0. The Kier molecular flexibility index (Phi) is 19.0. The lowest BCUT2D eigenvalue weighted by Crippen LogP contribution is -2.43. The van der Waals surface area contributed by atoms with Crippen molar-refractivity contribution in [2.75, 3.05) is 23.8 Å². The fourth-order valence-corrected chi connectivity index (χ4v) is 8.93. The molecule has 382 valence electrons. The third-order valence-corrected chi connectivity index (χ3v) is 12.6. The van der Waals surface area contributed by atoms with E-state index in [4.69, 9.17) is 38.4 Å². The van der Waals surface area contributed by atoms with Gasteiger partial charge in [-0.3, -0.25) is 19.2 Å². The lowest BCUT2D eigenvalue weighted by molar-refractivity contribution is -0.124. The first-order valence-electron chi connectivity index (χ1n) is 22.6. The summed E-state index contributed by atoms with van der Waals surface area (Å²) in [6.45, 7) is 0.241. The van der Waals surface area contributed by atoms with E-state index in [0.717, 1.165) is 31.7 Å². The number of aromatic nitrogens is 2. The highest BCUT2D eigenvalue weighted by Gasteiger charge is 2.32. The van der Waals surface area contributed by atoms with Crippen LogP contribution >= 0.6 is 35.6 Å². The maximum atomic E-state index is 14.6. The van der Waals surface area contributed by atoms with Gasteiger partial charge in [0.15, 0.2) is 0 Å². The van der Waals surface area contributed by atoms with Crippen molar-refractivity contribution in [1.29, 1.82) is 0 Å². The van der Waals surface area contributed by atoms with Crippen molar-refractivity contribution < 1.29 is 55.8 Å². The van der Waals surface area contributed by atoms with Gasteiger partial charge in [-0.15, -0.1) is 12.4 Å². The summed E-state index contributed by atoms with van der Waals surface area (Å²) in [5.74, 6) is -3.03. The number of anilines is 2. The molecule has 16 nitrogen and oxygen atoms in total. The second kappa shape index (κ2) is 25.1. The van der Waals surface area contributed by atoms with E-state index in [1.165, 1.54) is 77.9 Å². The first-order chi connectivity index (χ1) is 34.0. The number of carbonyl (C=O) groups excluding carboxylic acids is 6.